The Balaban J connectivity index is 0.00000675. The van der Waals surface area contributed by atoms with Crippen molar-refractivity contribution in [2.75, 3.05) is 27.4 Å². The summed E-state index contributed by atoms with van der Waals surface area (Å²) in [7, 11) is 3.25. The van der Waals surface area contributed by atoms with Gasteiger partial charge in [0.05, 0.1) is 27.4 Å². The molecule has 1 aliphatic heterocycles. The lowest BCUT2D eigenvalue weighted by Gasteiger charge is -2.45. The highest BCUT2D eigenvalue weighted by Gasteiger charge is 2.53. The van der Waals surface area contributed by atoms with Gasteiger partial charge in [-0.05, 0) is 80.3 Å². The molecule has 2 aromatic carbocycles. The Labute approximate surface area is 262 Å². The van der Waals surface area contributed by atoms with Crippen LogP contribution in [0.5, 0.6) is 11.5 Å². The number of benzene rings is 2. The van der Waals surface area contributed by atoms with Crippen LogP contribution in [0.15, 0.2) is 48.5 Å². The summed E-state index contributed by atoms with van der Waals surface area (Å²) in [6.45, 7) is 5.55. The molecule has 0 aliphatic carbocycles. The SMILES string of the molecule is C.CCC(C)(C)C(=O)C(=O)N1[C@@H](C(=O)OCCCCc2ccc(OC)cc2)C[C@H]1C(=O)OCCCCc1ccc(OC)cc1. The molecule has 1 saturated heterocycles. The van der Waals surface area contributed by atoms with E-state index >= 15 is 0 Å². The Morgan fingerprint density at radius 3 is 1.50 bits per heavy atom. The summed E-state index contributed by atoms with van der Waals surface area (Å²) >= 11 is 0. The van der Waals surface area contributed by atoms with E-state index in [9.17, 15) is 19.2 Å². The van der Waals surface area contributed by atoms with Gasteiger partial charge in [0.15, 0.2) is 0 Å². The first kappa shape index (κ1) is 36.3. The average molecular weight is 612 g/mol. The number of Topliss-reactive ketones (excluding diaryl/α,β-unsaturated/α-hetero) is 1. The fraction of sp³-hybridized carbons (Fsp3) is 0.543. The number of carbonyl (C=O) groups excluding carboxylic acids is 4. The van der Waals surface area contributed by atoms with Crippen molar-refractivity contribution in [2.24, 2.45) is 5.41 Å². The zero-order valence-electron chi connectivity index (χ0n) is 26.1. The molecule has 0 saturated carbocycles. The maximum atomic E-state index is 13.3. The van der Waals surface area contributed by atoms with Crippen molar-refractivity contribution >= 4 is 23.6 Å². The summed E-state index contributed by atoms with van der Waals surface area (Å²) in [6.07, 6.45) is 5.06. The van der Waals surface area contributed by atoms with E-state index in [4.69, 9.17) is 18.9 Å². The molecule has 0 aromatic heterocycles. The van der Waals surface area contributed by atoms with Gasteiger partial charge in [-0.2, -0.15) is 0 Å². The van der Waals surface area contributed by atoms with Gasteiger partial charge in [0.2, 0.25) is 5.78 Å². The highest BCUT2D eigenvalue weighted by Crippen LogP contribution is 2.32. The second-order valence-electron chi connectivity index (χ2n) is 11.5. The molecule has 2 atom stereocenters. The summed E-state index contributed by atoms with van der Waals surface area (Å²) < 4.78 is 21.3. The van der Waals surface area contributed by atoms with Gasteiger partial charge in [-0.25, -0.2) is 9.59 Å². The number of aryl methyl sites for hydroxylation is 2. The molecule has 1 amide bonds. The van der Waals surface area contributed by atoms with Crippen molar-refractivity contribution in [3.8, 4) is 11.5 Å². The van der Waals surface area contributed by atoms with E-state index in [-0.39, 0.29) is 27.1 Å². The van der Waals surface area contributed by atoms with Crippen LogP contribution in [0.3, 0.4) is 0 Å². The van der Waals surface area contributed by atoms with Gasteiger partial charge < -0.3 is 23.8 Å². The minimum Gasteiger partial charge on any atom is -0.497 e. The largest absolute Gasteiger partial charge is 0.497 e. The predicted octanol–water partition coefficient (Wildman–Crippen LogP) is 5.75. The van der Waals surface area contributed by atoms with Gasteiger partial charge in [-0.1, -0.05) is 52.5 Å². The lowest BCUT2D eigenvalue weighted by atomic mass is 9.82. The number of amides is 1. The third-order valence-electron chi connectivity index (χ3n) is 8.12. The van der Waals surface area contributed by atoms with Gasteiger partial charge >= 0.3 is 11.9 Å². The van der Waals surface area contributed by atoms with Gasteiger partial charge in [0.1, 0.15) is 23.6 Å². The van der Waals surface area contributed by atoms with Crippen LogP contribution in [0.4, 0.5) is 0 Å². The van der Waals surface area contributed by atoms with E-state index in [2.05, 4.69) is 0 Å². The zero-order chi connectivity index (χ0) is 31.4. The number of methoxy groups -OCH3 is 2. The highest BCUT2D eigenvalue weighted by atomic mass is 16.5. The quantitative estimate of drug-likeness (QED) is 0.126. The van der Waals surface area contributed by atoms with Gasteiger partial charge in [-0.3, -0.25) is 9.59 Å². The van der Waals surface area contributed by atoms with Crippen molar-refractivity contribution in [2.45, 2.75) is 91.6 Å². The fourth-order valence-electron chi connectivity index (χ4n) is 4.77. The Bertz CT molecular complexity index is 1150. The summed E-state index contributed by atoms with van der Waals surface area (Å²) in [5.41, 5.74) is 1.39. The number of ketones is 1. The first-order valence-electron chi connectivity index (χ1n) is 15.1. The second kappa shape index (κ2) is 17.4. The van der Waals surface area contributed by atoms with E-state index in [1.54, 1.807) is 28.1 Å². The second-order valence-corrected chi connectivity index (χ2v) is 11.5. The number of unbranched alkanes of at least 4 members (excludes halogenated alkanes) is 2. The molecular formula is C35H49NO8. The molecule has 0 radical (unpaired) electrons. The summed E-state index contributed by atoms with van der Waals surface area (Å²) in [6, 6.07) is 13.6. The summed E-state index contributed by atoms with van der Waals surface area (Å²) in [5, 5.41) is 0. The molecule has 1 aliphatic rings. The molecule has 1 heterocycles. The number of likely N-dealkylation sites (tertiary alicyclic amines) is 1. The van der Waals surface area contributed by atoms with E-state index in [1.807, 2.05) is 55.5 Å². The normalized spacial score (nSPS) is 15.8. The van der Waals surface area contributed by atoms with Gasteiger partial charge in [0, 0.05) is 11.8 Å². The lowest BCUT2D eigenvalue weighted by molar-refractivity contribution is -0.179. The third-order valence-corrected chi connectivity index (χ3v) is 8.12. The first-order valence-corrected chi connectivity index (χ1v) is 15.1. The topological polar surface area (TPSA) is 108 Å². The van der Waals surface area contributed by atoms with Gasteiger partial charge in [-0.15, -0.1) is 0 Å². The molecule has 0 N–H and O–H groups in total. The molecular weight excluding hydrogens is 562 g/mol. The van der Waals surface area contributed by atoms with E-state index < -0.39 is 41.1 Å². The monoisotopic (exact) mass is 611 g/mol. The average Bonchev–Trinajstić information content (AvgIpc) is 3.00. The summed E-state index contributed by atoms with van der Waals surface area (Å²) in [4.78, 5) is 53.2. The molecule has 0 unspecified atom stereocenters. The molecule has 242 valence electrons. The third kappa shape index (κ3) is 9.82. The molecule has 44 heavy (non-hydrogen) atoms. The molecule has 0 spiro atoms. The number of nitrogens with zero attached hydrogens (tertiary/aromatic N) is 1. The van der Waals surface area contributed by atoms with Crippen molar-refractivity contribution in [3.05, 3.63) is 59.7 Å². The predicted molar refractivity (Wildman–Crippen MR) is 169 cm³/mol. The minimum atomic E-state index is -0.988. The Kier molecular flexibility index (Phi) is 14.4. The van der Waals surface area contributed by atoms with Crippen LogP contribution in [0.25, 0.3) is 0 Å². The van der Waals surface area contributed by atoms with Crippen molar-refractivity contribution in [3.63, 3.8) is 0 Å². The van der Waals surface area contributed by atoms with Crippen LogP contribution in [0, 0.1) is 5.41 Å². The number of esters is 2. The Hall–Kier alpha value is -3.88. The van der Waals surface area contributed by atoms with Crippen LogP contribution >= 0.6 is 0 Å². The minimum absolute atomic E-state index is 0. The summed E-state index contributed by atoms with van der Waals surface area (Å²) in [5.74, 6) is -1.10. The van der Waals surface area contributed by atoms with Crippen LogP contribution in [-0.4, -0.2) is 68.0 Å². The van der Waals surface area contributed by atoms with E-state index in [0.29, 0.717) is 19.3 Å². The van der Waals surface area contributed by atoms with Crippen LogP contribution in [0.2, 0.25) is 0 Å². The molecule has 9 nitrogen and oxygen atoms in total. The number of hydrogen-bond donors (Lipinski definition) is 0. The number of rotatable bonds is 17. The maximum Gasteiger partial charge on any atom is 0.328 e. The maximum absolute atomic E-state index is 13.3. The smallest absolute Gasteiger partial charge is 0.328 e. The number of carbonyl (C=O) groups is 4. The van der Waals surface area contributed by atoms with Crippen molar-refractivity contribution in [1.82, 2.24) is 4.90 Å². The standard InChI is InChI=1S/C34H45NO8.CH4/c1-6-34(2,3)30(36)31(37)35-28(32(38)42-21-9-7-11-24-13-17-26(40-4)18-14-24)23-29(35)33(39)43-22-10-8-12-25-15-19-27(41-5)20-16-25;/h13-20,28-29H,6-12,21-23H2,1-5H3;1H4/t28-,29+;. The van der Waals surface area contributed by atoms with Crippen LogP contribution in [-0.2, 0) is 41.5 Å². The fourth-order valence-corrected chi connectivity index (χ4v) is 4.77. The lowest BCUT2D eigenvalue weighted by Crippen LogP contribution is -2.67. The van der Waals surface area contributed by atoms with Gasteiger partial charge in [0.25, 0.3) is 5.91 Å². The van der Waals surface area contributed by atoms with Crippen LogP contribution < -0.4 is 9.47 Å². The van der Waals surface area contributed by atoms with Crippen molar-refractivity contribution in [1.29, 1.82) is 0 Å². The zero-order valence-corrected chi connectivity index (χ0v) is 26.1. The Morgan fingerprint density at radius 1 is 0.727 bits per heavy atom. The van der Waals surface area contributed by atoms with E-state index in [0.717, 1.165) is 53.2 Å². The van der Waals surface area contributed by atoms with Crippen LogP contribution in [0.1, 0.15) is 77.8 Å². The Morgan fingerprint density at radius 2 is 1.14 bits per heavy atom. The van der Waals surface area contributed by atoms with E-state index in [1.165, 1.54) is 0 Å². The highest BCUT2D eigenvalue weighted by molar-refractivity contribution is 6.38. The molecule has 2 aromatic rings. The molecule has 9 heteroatoms. The molecule has 0 bridgehead atoms. The molecule has 3 rings (SSSR count). The first-order chi connectivity index (χ1) is 20.6. The number of hydrogen-bond acceptors (Lipinski definition) is 8. The number of ether oxygens (including phenoxy) is 4. The van der Waals surface area contributed by atoms with Crippen molar-refractivity contribution < 1.29 is 38.1 Å². The molecule has 1 fully saturated rings.